The molecular weight excluding hydrogens is 568 g/mol. The highest BCUT2D eigenvalue weighted by Crippen LogP contribution is 2.47. The Labute approximate surface area is 259 Å². The van der Waals surface area contributed by atoms with Crippen molar-refractivity contribution in [3.8, 4) is 16.9 Å². The maximum Gasteiger partial charge on any atom is 0.315 e. The SMILES string of the molecule is CCOC(=O)C1/C(=N\O)C=C(c2ccc3c(c2)Nc2ccccc2S3)CC1c1cn(-c2ccccc2)nc1-c1ccccc1. The number of benzene rings is 4. The molecule has 2 atom stereocenters. The van der Waals surface area contributed by atoms with Crippen LogP contribution in [0.15, 0.2) is 130 Å². The van der Waals surface area contributed by atoms with Gasteiger partial charge in [0.05, 0.1) is 35.1 Å². The number of anilines is 2. The normalized spacial score (nSPS) is 18.1. The molecule has 4 aromatic carbocycles. The topological polar surface area (TPSA) is 88.7 Å². The number of carbonyl (C=O) groups excluding carboxylic acids is 1. The van der Waals surface area contributed by atoms with E-state index in [1.54, 1.807) is 18.7 Å². The summed E-state index contributed by atoms with van der Waals surface area (Å²) in [5.41, 5.74) is 7.80. The number of hydrogen-bond acceptors (Lipinski definition) is 7. The Bertz CT molecular complexity index is 1900. The number of ether oxygens (including phenoxy) is 1. The molecule has 1 aliphatic heterocycles. The van der Waals surface area contributed by atoms with Crippen LogP contribution in [-0.4, -0.2) is 33.3 Å². The highest BCUT2D eigenvalue weighted by molar-refractivity contribution is 7.99. The number of fused-ring (bicyclic) bond motifs is 2. The second-order valence-corrected chi connectivity index (χ2v) is 11.8. The zero-order valence-corrected chi connectivity index (χ0v) is 24.9. The van der Waals surface area contributed by atoms with Gasteiger partial charge < -0.3 is 15.3 Å². The largest absolute Gasteiger partial charge is 0.465 e. The standard InChI is InChI=1S/C36H30N4O3S/c1-2-43-36(41)34-27(28-22-40(26-13-7-4-8-14-26)38-35(28)23-11-5-3-6-12-23)19-25(21-31(34)39-42)24-17-18-33-30(20-24)37-29-15-9-10-16-32(29)44-33/h3-18,20-22,27,34,37,42H,2,19H2,1H3/b39-31-. The van der Waals surface area contributed by atoms with Crippen LogP contribution in [0.5, 0.6) is 0 Å². The predicted octanol–water partition coefficient (Wildman–Crippen LogP) is 8.33. The molecule has 218 valence electrons. The van der Waals surface area contributed by atoms with E-state index in [2.05, 4.69) is 40.8 Å². The van der Waals surface area contributed by atoms with Crippen LogP contribution in [-0.2, 0) is 9.53 Å². The lowest BCUT2D eigenvalue weighted by Gasteiger charge is -2.31. The molecule has 0 radical (unpaired) electrons. The van der Waals surface area contributed by atoms with E-state index in [4.69, 9.17) is 9.84 Å². The Kier molecular flexibility index (Phi) is 7.50. The summed E-state index contributed by atoms with van der Waals surface area (Å²) >= 11 is 1.73. The quantitative estimate of drug-likeness (QED) is 0.114. The number of rotatable bonds is 6. The molecule has 0 fully saturated rings. The molecule has 7 rings (SSSR count). The molecule has 0 bridgehead atoms. The number of carbonyl (C=O) groups is 1. The molecule has 8 heteroatoms. The molecule has 2 N–H and O–H groups in total. The van der Waals surface area contributed by atoms with Gasteiger partial charge >= 0.3 is 5.97 Å². The van der Waals surface area contributed by atoms with Gasteiger partial charge in [-0.25, -0.2) is 4.68 Å². The lowest BCUT2D eigenvalue weighted by atomic mass is 9.73. The third kappa shape index (κ3) is 5.18. The molecule has 0 amide bonds. The number of aromatic nitrogens is 2. The van der Waals surface area contributed by atoms with Crippen LogP contribution < -0.4 is 5.32 Å². The zero-order chi connectivity index (χ0) is 30.0. The average Bonchev–Trinajstić information content (AvgIpc) is 3.53. The van der Waals surface area contributed by atoms with Crippen molar-refractivity contribution in [2.24, 2.45) is 11.1 Å². The van der Waals surface area contributed by atoms with E-state index in [1.807, 2.05) is 89.8 Å². The summed E-state index contributed by atoms with van der Waals surface area (Å²) in [5.74, 6) is -1.63. The van der Waals surface area contributed by atoms with Crippen LogP contribution in [0.4, 0.5) is 11.4 Å². The number of nitrogens with one attached hydrogen (secondary N) is 1. The smallest absolute Gasteiger partial charge is 0.315 e. The second kappa shape index (κ2) is 11.9. The molecule has 2 unspecified atom stereocenters. The van der Waals surface area contributed by atoms with Crippen molar-refractivity contribution >= 4 is 40.4 Å². The summed E-state index contributed by atoms with van der Waals surface area (Å²) in [5, 5.41) is 22.5. The first-order chi connectivity index (χ1) is 21.6. The van der Waals surface area contributed by atoms with E-state index in [-0.39, 0.29) is 12.3 Å². The molecule has 0 saturated carbocycles. The fraction of sp³-hybridized carbons (Fsp3) is 0.139. The highest BCUT2D eigenvalue weighted by Gasteiger charge is 2.41. The minimum atomic E-state index is -0.808. The highest BCUT2D eigenvalue weighted by atomic mass is 32.2. The van der Waals surface area contributed by atoms with Crippen molar-refractivity contribution in [3.63, 3.8) is 0 Å². The van der Waals surface area contributed by atoms with Gasteiger partial charge in [-0.1, -0.05) is 83.6 Å². The monoisotopic (exact) mass is 598 g/mol. The Hall–Kier alpha value is -5.08. The van der Waals surface area contributed by atoms with E-state index in [1.165, 1.54) is 4.90 Å². The third-order valence-electron chi connectivity index (χ3n) is 8.08. The molecule has 2 aliphatic rings. The second-order valence-electron chi connectivity index (χ2n) is 10.7. The molecule has 0 spiro atoms. The summed E-state index contributed by atoms with van der Waals surface area (Å²) in [4.78, 5) is 15.9. The molecular formula is C36H30N4O3S. The summed E-state index contributed by atoms with van der Waals surface area (Å²) in [6.45, 7) is 2.01. The molecule has 5 aromatic rings. The minimum absolute atomic E-state index is 0.224. The summed E-state index contributed by atoms with van der Waals surface area (Å²) in [6.07, 6.45) is 4.34. The van der Waals surface area contributed by atoms with Crippen molar-refractivity contribution in [3.05, 3.63) is 127 Å². The van der Waals surface area contributed by atoms with Gasteiger partial charge in [-0.05, 0) is 67.0 Å². The van der Waals surface area contributed by atoms with Gasteiger partial charge in [0.25, 0.3) is 0 Å². The van der Waals surface area contributed by atoms with Crippen molar-refractivity contribution in [1.82, 2.24) is 9.78 Å². The number of para-hydroxylation sites is 2. The van der Waals surface area contributed by atoms with Gasteiger partial charge in [-0.3, -0.25) is 4.79 Å². The van der Waals surface area contributed by atoms with E-state index < -0.39 is 17.8 Å². The molecule has 0 saturated heterocycles. The lowest BCUT2D eigenvalue weighted by molar-refractivity contribution is -0.146. The number of esters is 1. The maximum atomic E-state index is 13.5. The van der Waals surface area contributed by atoms with E-state index in [0.29, 0.717) is 6.42 Å². The molecule has 1 aliphatic carbocycles. The molecule has 7 nitrogen and oxygen atoms in total. The summed E-state index contributed by atoms with van der Waals surface area (Å²) in [6, 6.07) is 34.5. The maximum absolute atomic E-state index is 13.5. The van der Waals surface area contributed by atoms with E-state index in [0.717, 1.165) is 49.9 Å². The Morgan fingerprint density at radius 3 is 2.45 bits per heavy atom. The predicted molar refractivity (Wildman–Crippen MR) is 174 cm³/mol. The van der Waals surface area contributed by atoms with E-state index in [9.17, 15) is 10.0 Å². The lowest BCUT2D eigenvalue weighted by Crippen LogP contribution is -2.34. The summed E-state index contributed by atoms with van der Waals surface area (Å²) < 4.78 is 7.40. The van der Waals surface area contributed by atoms with Gasteiger partial charge in [-0.15, -0.1) is 0 Å². The van der Waals surface area contributed by atoms with Crippen LogP contribution >= 0.6 is 11.8 Å². The Morgan fingerprint density at radius 1 is 0.955 bits per heavy atom. The summed E-state index contributed by atoms with van der Waals surface area (Å²) in [7, 11) is 0. The van der Waals surface area contributed by atoms with Gasteiger partial charge in [0.15, 0.2) is 0 Å². The Morgan fingerprint density at radius 2 is 1.68 bits per heavy atom. The van der Waals surface area contributed by atoms with Crippen LogP contribution in [0, 0.1) is 5.92 Å². The van der Waals surface area contributed by atoms with Crippen molar-refractivity contribution in [1.29, 1.82) is 0 Å². The number of oxime groups is 1. The van der Waals surface area contributed by atoms with Crippen LogP contribution in [0.25, 0.3) is 22.5 Å². The van der Waals surface area contributed by atoms with Gasteiger partial charge in [-0.2, -0.15) is 5.10 Å². The van der Waals surface area contributed by atoms with Crippen LogP contribution in [0.3, 0.4) is 0 Å². The minimum Gasteiger partial charge on any atom is -0.465 e. The fourth-order valence-electron chi connectivity index (χ4n) is 6.02. The Balaban J connectivity index is 1.34. The van der Waals surface area contributed by atoms with Gasteiger partial charge in [0.2, 0.25) is 0 Å². The third-order valence-corrected chi connectivity index (χ3v) is 9.23. The first kappa shape index (κ1) is 27.7. The van der Waals surface area contributed by atoms with Crippen molar-refractivity contribution in [2.75, 3.05) is 11.9 Å². The van der Waals surface area contributed by atoms with Crippen molar-refractivity contribution < 1.29 is 14.7 Å². The van der Waals surface area contributed by atoms with E-state index >= 15 is 0 Å². The fourth-order valence-corrected chi connectivity index (χ4v) is 6.99. The number of allylic oxidation sites excluding steroid dienone is 2. The molecule has 44 heavy (non-hydrogen) atoms. The first-order valence-electron chi connectivity index (χ1n) is 14.6. The van der Waals surface area contributed by atoms with Crippen molar-refractivity contribution in [2.45, 2.75) is 29.1 Å². The number of hydrogen-bond donors (Lipinski definition) is 2. The van der Waals surface area contributed by atoms with Gasteiger partial charge in [0.1, 0.15) is 5.92 Å². The zero-order valence-electron chi connectivity index (χ0n) is 24.1. The van der Waals surface area contributed by atoms with Crippen LogP contribution in [0.2, 0.25) is 0 Å². The molecule has 2 heterocycles. The number of nitrogens with zero attached hydrogens (tertiary/aromatic N) is 3. The first-order valence-corrected chi connectivity index (χ1v) is 15.4. The van der Waals surface area contributed by atoms with Crippen LogP contribution in [0.1, 0.15) is 30.4 Å². The van der Waals surface area contributed by atoms with Gasteiger partial charge in [0, 0.05) is 33.0 Å². The average molecular weight is 599 g/mol. The molecule has 1 aromatic heterocycles.